The Bertz CT molecular complexity index is 518. The Labute approximate surface area is 118 Å². The van der Waals surface area contributed by atoms with Gasteiger partial charge >= 0.3 is 0 Å². The molecule has 1 aromatic rings. The van der Waals surface area contributed by atoms with E-state index in [9.17, 15) is 8.42 Å². The quantitative estimate of drug-likeness (QED) is 0.712. The number of benzene rings is 1. The summed E-state index contributed by atoms with van der Waals surface area (Å²) in [4.78, 5) is 0. The van der Waals surface area contributed by atoms with E-state index in [4.69, 9.17) is 24.1 Å². The molecule has 0 aromatic heterocycles. The van der Waals surface area contributed by atoms with Crippen LogP contribution in [0.4, 0.5) is 0 Å². The van der Waals surface area contributed by atoms with Crippen molar-refractivity contribution in [1.29, 1.82) is 0 Å². The van der Waals surface area contributed by atoms with Crippen molar-refractivity contribution in [2.75, 3.05) is 33.7 Å². The van der Waals surface area contributed by atoms with Gasteiger partial charge in [0.2, 0.25) is 15.8 Å². The van der Waals surface area contributed by atoms with Crippen LogP contribution in [0.15, 0.2) is 12.1 Å². The van der Waals surface area contributed by atoms with E-state index in [-0.39, 0.29) is 12.4 Å². The fourth-order valence-electron chi connectivity index (χ4n) is 1.59. The van der Waals surface area contributed by atoms with Crippen molar-refractivity contribution < 1.29 is 27.4 Å². The third-order valence-corrected chi connectivity index (χ3v) is 3.34. The van der Waals surface area contributed by atoms with Gasteiger partial charge in [-0.3, -0.25) is 0 Å². The van der Waals surface area contributed by atoms with E-state index in [1.165, 1.54) is 21.3 Å². The summed E-state index contributed by atoms with van der Waals surface area (Å²) in [5, 5.41) is 4.90. The van der Waals surface area contributed by atoms with E-state index in [0.717, 1.165) is 0 Å². The minimum atomic E-state index is -3.46. The molecule has 0 aliphatic carbocycles. The van der Waals surface area contributed by atoms with Crippen LogP contribution in [0.3, 0.4) is 0 Å². The van der Waals surface area contributed by atoms with Gasteiger partial charge in [0.05, 0.1) is 33.7 Å². The molecule has 0 bridgehead atoms. The molecule has 0 heterocycles. The highest BCUT2D eigenvalue weighted by molar-refractivity contribution is 7.89. The summed E-state index contributed by atoms with van der Waals surface area (Å²) < 4.78 is 42.6. The molecule has 2 N–H and O–H groups in total. The zero-order valence-electron chi connectivity index (χ0n) is 11.7. The number of nitrogens with two attached hydrogens (primary N) is 1. The molecule has 1 rings (SSSR count). The third kappa shape index (κ3) is 4.78. The first kappa shape index (κ1) is 16.4. The normalized spacial score (nSPS) is 11.0. The highest BCUT2D eigenvalue weighted by Crippen LogP contribution is 2.40. The lowest BCUT2D eigenvalue weighted by Crippen LogP contribution is -2.18. The van der Waals surface area contributed by atoms with Crippen LogP contribution in [-0.4, -0.2) is 42.1 Å². The number of primary sulfonamides is 1. The van der Waals surface area contributed by atoms with Crippen molar-refractivity contribution in [1.82, 2.24) is 0 Å². The molecule has 0 aliphatic rings. The van der Waals surface area contributed by atoms with E-state index in [2.05, 4.69) is 0 Å². The van der Waals surface area contributed by atoms with Gasteiger partial charge in [0.25, 0.3) is 0 Å². The second-order valence-corrected chi connectivity index (χ2v) is 5.66. The smallest absolute Gasteiger partial charge is 0.209 e. The van der Waals surface area contributed by atoms with Crippen molar-refractivity contribution in [2.24, 2.45) is 5.14 Å². The van der Waals surface area contributed by atoms with Crippen LogP contribution in [0.1, 0.15) is 6.42 Å². The van der Waals surface area contributed by atoms with Gasteiger partial charge in [0.15, 0.2) is 11.5 Å². The molecule has 7 nitrogen and oxygen atoms in total. The first-order valence-electron chi connectivity index (χ1n) is 5.84. The molecule has 0 amide bonds. The monoisotopic (exact) mass is 305 g/mol. The zero-order valence-corrected chi connectivity index (χ0v) is 12.5. The van der Waals surface area contributed by atoms with Crippen molar-refractivity contribution in [3.63, 3.8) is 0 Å². The lowest BCUT2D eigenvalue weighted by molar-refractivity contribution is 0.299. The molecule has 0 fully saturated rings. The summed E-state index contributed by atoms with van der Waals surface area (Å²) in [5.41, 5.74) is 0. The SMILES string of the molecule is COc1cc(OCCCS(N)(=O)=O)cc(OC)c1OC. The van der Waals surface area contributed by atoms with Gasteiger partial charge in [-0.1, -0.05) is 0 Å². The Morgan fingerprint density at radius 3 is 2.00 bits per heavy atom. The van der Waals surface area contributed by atoms with E-state index < -0.39 is 10.0 Å². The number of ether oxygens (including phenoxy) is 4. The lowest BCUT2D eigenvalue weighted by atomic mass is 10.2. The van der Waals surface area contributed by atoms with E-state index in [1.807, 2.05) is 0 Å². The second-order valence-electron chi connectivity index (χ2n) is 3.93. The van der Waals surface area contributed by atoms with Crippen molar-refractivity contribution >= 4 is 10.0 Å². The van der Waals surface area contributed by atoms with Crippen LogP contribution in [0.25, 0.3) is 0 Å². The van der Waals surface area contributed by atoms with Gasteiger partial charge < -0.3 is 18.9 Å². The molecule has 0 spiro atoms. The van der Waals surface area contributed by atoms with Crippen LogP contribution in [0.5, 0.6) is 23.0 Å². The van der Waals surface area contributed by atoms with Gasteiger partial charge in [0, 0.05) is 12.1 Å². The Morgan fingerprint density at radius 1 is 1.05 bits per heavy atom. The number of hydrogen-bond donors (Lipinski definition) is 1. The maximum atomic E-state index is 10.8. The average molecular weight is 305 g/mol. The Kier molecular flexibility index (Phi) is 5.90. The fourth-order valence-corrected chi connectivity index (χ4v) is 2.11. The minimum Gasteiger partial charge on any atom is -0.493 e. The number of sulfonamides is 1. The molecule has 0 saturated heterocycles. The molecule has 114 valence electrons. The summed E-state index contributed by atoms with van der Waals surface area (Å²) >= 11 is 0. The van der Waals surface area contributed by atoms with Crippen LogP contribution >= 0.6 is 0 Å². The first-order chi connectivity index (χ1) is 9.41. The molecule has 20 heavy (non-hydrogen) atoms. The Balaban J connectivity index is 2.76. The van der Waals surface area contributed by atoms with E-state index >= 15 is 0 Å². The summed E-state index contributed by atoms with van der Waals surface area (Å²) in [6, 6.07) is 3.27. The third-order valence-electron chi connectivity index (χ3n) is 2.48. The molecule has 0 saturated carbocycles. The van der Waals surface area contributed by atoms with Crippen molar-refractivity contribution in [3.05, 3.63) is 12.1 Å². The van der Waals surface area contributed by atoms with Crippen LogP contribution in [0.2, 0.25) is 0 Å². The minimum absolute atomic E-state index is 0.128. The maximum Gasteiger partial charge on any atom is 0.209 e. The fraction of sp³-hybridized carbons (Fsp3) is 0.500. The van der Waals surface area contributed by atoms with Gasteiger partial charge in [-0.2, -0.15) is 0 Å². The first-order valence-corrected chi connectivity index (χ1v) is 7.56. The number of hydrogen-bond acceptors (Lipinski definition) is 6. The largest absolute Gasteiger partial charge is 0.493 e. The van der Waals surface area contributed by atoms with E-state index in [1.54, 1.807) is 12.1 Å². The molecule has 0 aliphatic heterocycles. The highest BCUT2D eigenvalue weighted by Gasteiger charge is 2.14. The van der Waals surface area contributed by atoms with Crippen molar-refractivity contribution in [2.45, 2.75) is 6.42 Å². The van der Waals surface area contributed by atoms with Gasteiger partial charge in [-0.25, -0.2) is 13.6 Å². The van der Waals surface area contributed by atoms with Crippen LogP contribution in [0, 0.1) is 0 Å². The second kappa shape index (κ2) is 7.20. The standard InChI is InChI=1S/C12H19NO6S/c1-16-10-7-9(8-11(17-2)12(10)18-3)19-5-4-6-20(13,14)15/h7-8H,4-6H2,1-3H3,(H2,13,14,15). The molecule has 8 heteroatoms. The zero-order chi connectivity index (χ0) is 15.2. The molecule has 0 radical (unpaired) electrons. The van der Waals surface area contributed by atoms with Crippen LogP contribution < -0.4 is 24.1 Å². The Hall–Kier alpha value is -1.67. The summed E-state index contributed by atoms with van der Waals surface area (Å²) in [5.74, 6) is 1.76. The molecular formula is C12H19NO6S. The maximum absolute atomic E-state index is 10.8. The number of methoxy groups -OCH3 is 3. The van der Waals surface area contributed by atoms with Crippen molar-refractivity contribution in [3.8, 4) is 23.0 Å². The topological polar surface area (TPSA) is 97.1 Å². The molecule has 0 atom stereocenters. The average Bonchev–Trinajstić information content (AvgIpc) is 2.41. The summed E-state index contributed by atoms with van der Waals surface area (Å²) in [6.07, 6.45) is 0.301. The van der Waals surface area contributed by atoms with Crippen LogP contribution in [-0.2, 0) is 10.0 Å². The van der Waals surface area contributed by atoms with E-state index in [0.29, 0.717) is 29.4 Å². The summed E-state index contributed by atoms with van der Waals surface area (Å²) in [7, 11) is 1.05. The predicted octanol–water partition coefficient (Wildman–Crippen LogP) is 0.770. The highest BCUT2D eigenvalue weighted by atomic mass is 32.2. The lowest BCUT2D eigenvalue weighted by Gasteiger charge is -2.14. The Morgan fingerprint density at radius 2 is 1.60 bits per heavy atom. The van der Waals surface area contributed by atoms with Gasteiger partial charge in [0.1, 0.15) is 5.75 Å². The summed E-state index contributed by atoms with van der Waals surface area (Å²) in [6.45, 7) is 0.217. The molecule has 0 unspecified atom stereocenters. The molecular weight excluding hydrogens is 286 g/mol. The van der Waals surface area contributed by atoms with Gasteiger partial charge in [-0.05, 0) is 6.42 Å². The van der Waals surface area contributed by atoms with Gasteiger partial charge in [-0.15, -0.1) is 0 Å². The predicted molar refractivity (Wildman–Crippen MR) is 74.2 cm³/mol. The number of rotatable bonds is 8. The molecule has 1 aromatic carbocycles.